The number of urea groups is 1. The van der Waals surface area contributed by atoms with E-state index in [0.717, 1.165) is 24.6 Å². The van der Waals surface area contributed by atoms with Crippen LogP contribution in [0.3, 0.4) is 0 Å². The standard InChI is InChI=1S/C21H30F4N4O3/c1-13(2)9-14(12-26)10-19(30)29-7-5-15(6-8-29)27-20(31)28-16-3-4-18(17(22)11-16)32-21(23,24)25/h3-4,11,13-15H,5-10,12,26H2,1-2H3,(H2,27,28,31). The van der Waals surface area contributed by atoms with Gasteiger partial charge in [-0.15, -0.1) is 13.2 Å². The van der Waals surface area contributed by atoms with Crippen molar-refractivity contribution < 1.29 is 31.9 Å². The Hall–Kier alpha value is -2.56. The summed E-state index contributed by atoms with van der Waals surface area (Å²) in [4.78, 5) is 26.4. The average molecular weight is 462 g/mol. The summed E-state index contributed by atoms with van der Waals surface area (Å²) in [7, 11) is 0. The molecule has 0 radical (unpaired) electrons. The van der Waals surface area contributed by atoms with Crippen molar-refractivity contribution in [1.82, 2.24) is 10.2 Å². The molecule has 180 valence electrons. The van der Waals surface area contributed by atoms with E-state index in [9.17, 15) is 27.2 Å². The predicted octanol–water partition coefficient (Wildman–Crippen LogP) is 3.85. The van der Waals surface area contributed by atoms with Gasteiger partial charge in [-0.3, -0.25) is 4.79 Å². The molecular weight excluding hydrogens is 432 g/mol. The number of nitrogens with two attached hydrogens (primary N) is 1. The summed E-state index contributed by atoms with van der Waals surface area (Å²) in [5, 5.41) is 5.12. The van der Waals surface area contributed by atoms with Crippen molar-refractivity contribution >= 4 is 17.6 Å². The molecule has 0 saturated carbocycles. The summed E-state index contributed by atoms with van der Waals surface area (Å²) < 4.78 is 53.9. The Morgan fingerprint density at radius 1 is 1.25 bits per heavy atom. The Balaban J connectivity index is 1.79. The van der Waals surface area contributed by atoms with Gasteiger partial charge in [0.1, 0.15) is 0 Å². The lowest BCUT2D eigenvalue weighted by Crippen LogP contribution is -2.48. The van der Waals surface area contributed by atoms with E-state index in [1.165, 1.54) is 0 Å². The molecule has 1 fully saturated rings. The molecule has 1 aliphatic rings. The molecule has 2 rings (SSSR count). The van der Waals surface area contributed by atoms with Gasteiger partial charge < -0.3 is 26.0 Å². The molecule has 0 aromatic heterocycles. The van der Waals surface area contributed by atoms with Crippen LogP contribution in [0.15, 0.2) is 18.2 Å². The fourth-order valence-electron chi connectivity index (χ4n) is 3.72. The highest BCUT2D eigenvalue weighted by Gasteiger charge is 2.32. The first-order chi connectivity index (χ1) is 15.0. The zero-order valence-corrected chi connectivity index (χ0v) is 18.2. The van der Waals surface area contributed by atoms with Crippen LogP contribution in [0.25, 0.3) is 0 Å². The number of anilines is 1. The molecule has 1 aliphatic heterocycles. The molecule has 1 aromatic rings. The summed E-state index contributed by atoms with van der Waals surface area (Å²) >= 11 is 0. The van der Waals surface area contributed by atoms with Crippen molar-refractivity contribution in [3.8, 4) is 5.75 Å². The van der Waals surface area contributed by atoms with Crippen molar-refractivity contribution in [2.24, 2.45) is 17.6 Å². The average Bonchev–Trinajstić information content (AvgIpc) is 2.68. The minimum atomic E-state index is -5.01. The quantitative estimate of drug-likeness (QED) is 0.512. The van der Waals surface area contributed by atoms with Crippen LogP contribution in [0.2, 0.25) is 0 Å². The number of hydrogen-bond donors (Lipinski definition) is 3. The fraction of sp³-hybridized carbons (Fsp3) is 0.619. The highest BCUT2D eigenvalue weighted by atomic mass is 19.4. The molecule has 4 N–H and O–H groups in total. The zero-order chi connectivity index (χ0) is 23.9. The van der Waals surface area contributed by atoms with Gasteiger partial charge in [0, 0.05) is 37.3 Å². The first-order valence-corrected chi connectivity index (χ1v) is 10.6. The van der Waals surface area contributed by atoms with Crippen LogP contribution in [-0.4, -0.2) is 48.9 Å². The third-order valence-corrected chi connectivity index (χ3v) is 5.20. The molecular formula is C21H30F4N4O3. The van der Waals surface area contributed by atoms with E-state index in [1.54, 1.807) is 4.90 Å². The van der Waals surface area contributed by atoms with Crippen LogP contribution < -0.4 is 21.1 Å². The Morgan fingerprint density at radius 3 is 2.44 bits per heavy atom. The molecule has 3 amide bonds. The lowest BCUT2D eigenvalue weighted by molar-refractivity contribution is -0.275. The van der Waals surface area contributed by atoms with Gasteiger partial charge in [0.25, 0.3) is 0 Å². The SMILES string of the molecule is CC(C)CC(CN)CC(=O)N1CCC(NC(=O)Nc2ccc(OC(F)(F)F)c(F)c2)CC1. The largest absolute Gasteiger partial charge is 0.573 e. The van der Waals surface area contributed by atoms with Crippen molar-refractivity contribution in [1.29, 1.82) is 0 Å². The van der Waals surface area contributed by atoms with Crippen LogP contribution in [0.4, 0.5) is 28.0 Å². The van der Waals surface area contributed by atoms with Crippen LogP contribution in [0.5, 0.6) is 5.75 Å². The van der Waals surface area contributed by atoms with E-state index in [1.807, 2.05) is 0 Å². The smallest absolute Gasteiger partial charge is 0.403 e. The number of benzene rings is 1. The van der Waals surface area contributed by atoms with E-state index in [0.29, 0.717) is 44.8 Å². The first-order valence-electron chi connectivity index (χ1n) is 10.6. The van der Waals surface area contributed by atoms with Crippen LogP contribution in [-0.2, 0) is 4.79 Å². The molecule has 1 saturated heterocycles. The second kappa shape index (κ2) is 11.3. The third-order valence-electron chi connectivity index (χ3n) is 5.20. The van der Waals surface area contributed by atoms with Crippen molar-refractivity contribution in [3.05, 3.63) is 24.0 Å². The number of carbonyl (C=O) groups excluding carboxylic acids is 2. The number of amides is 3. The Bertz CT molecular complexity index is 781. The number of nitrogens with one attached hydrogen (secondary N) is 2. The first kappa shape index (κ1) is 25.7. The van der Waals surface area contributed by atoms with Gasteiger partial charge in [-0.05, 0) is 49.8 Å². The summed E-state index contributed by atoms with van der Waals surface area (Å²) in [5.41, 5.74) is 5.76. The van der Waals surface area contributed by atoms with Gasteiger partial charge >= 0.3 is 12.4 Å². The Morgan fingerprint density at radius 2 is 1.91 bits per heavy atom. The molecule has 1 unspecified atom stereocenters. The normalized spacial score (nSPS) is 16.1. The Labute approximate surface area is 184 Å². The third kappa shape index (κ3) is 8.52. The van der Waals surface area contributed by atoms with Gasteiger partial charge in [-0.1, -0.05) is 13.8 Å². The number of rotatable bonds is 8. The second-order valence-corrected chi connectivity index (χ2v) is 8.38. The monoisotopic (exact) mass is 462 g/mol. The molecule has 0 bridgehead atoms. The number of nitrogens with zero attached hydrogens (tertiary/aromatic N) is 1. The van der Waals surface area contributed by atoms with Crippen LogP contribution >= 0.6 is 0 Å². The van der Waals surface area contributed by atoms with Gasteiger partial charge in [0.15, 0.2) is 11.6 Å². The maximum Gasteiger partial charge on any atom is 0.573 e. The summed E-state index contributed by atoms with van der Waals surface area (Å²) in [5.74, 6) is -1.56. The van der Waals surface area contributed by atoms with Crippen molar-refractivity contribution in [3.63, 3.8) is 0 Å². The molecule has 1 aromatic carbocycles. The summed E-state index contributed by atoms with van der Waals surface area (Å²) in [6, 6.07) is 1.84. The number of alkyl halides is 3. The van der Waals surface area contributed by atoms with Gasteiger partial charge in [-0.25, -0.2) is 9.18 Å². The molecule has 7 nitrogen and oxygen atoms in total. The molecule has 32 heavy (non-hydrogen) atoms. The molecule has 0 spiro atoms. The molecule has 1 heterocycles. The van der Waals surface area contributed by atoms with Gasteiger partial charge in [0.05, 0.1) is 0 Å². The van der Waals surface area contributed by atoms with E-state index >= 15 is 0 Å². The maximum absolute atomic E-state index is 13.8. The molecule has 1 atom stereocenters. The van der Waals surface area contributed by atoms with Gasteiger partial charge in [-0.2, -0.15) is 0 Å². The minimum Gasteiger partial charge on any atom is -0.403 e. The zero-order valence-electron chi connectivity index (χ0n) is 18.2. The molecule has 11 heteroatoms. The topological polar surface area (TPSA) is 96.7 Å². The Kier molecular flexibility index (Phi) is 9.11. The van der Waals surface area contributed by atoms with Crippen molar-refractivity contribution in [2.45, 2.75) is 51.9 Å². The lowest BCUT2D eigenvalue weighted by Gasteiger charge is -2.33. The summed E-state index contributed by atoms with van der Waals surface area (Å²) in [6.07, 6.45) is -2.59. The lowest BCUT2D eigenvalue weighted by atomic mass is 9.93. The van der Waals surface area contributed by atoms with E-state index in [2.05, 4.69) is 29.2 Å². The molecule has 0 aliphatic carbocycles. The summed E-state index contributed by atoms with van der Waals surface area (Å²) in [6.45, 7) is 5.65. The van der Waals surface area contributed by atoms with Crippen LogP contribution in [0.1, 0.15) is 39.5 Å². The number of halogens is 4. The highest BCUT2D eigenvalue weighted by Crippen LogP contribution is 2.27. The minimum absolute atomic E-state index is 0.0138. The van der Waals surface area contributed by atoms with E-state index < -0.39 is 24.0 Å². The number of piperidine rings is 1. The number of likely N-dealkylation sites (tertiary alicyclic amines) is 1. The van der Waals surface area contributed by atoms with Gasteiger partial charge in [0.2, 0.25) is 5.91 Å². The predicted molar refractivity (Wildman–Crippen MR) is 111 cm³/mol. The van der Waals surface area contributed by atoms with Crippen LogP contribution in [0, 0.1) is 17.7 Å². The highest BCUT2D eigenvalue weighted by molar-refractivity contribution is 5.89. The fourth-order valence-corrected chi connectivity index (χ4v) is 3.72. The van der Waals surface area contributed by atoms with E-state index in [4.69, 9.17) is 5.73 Å². The van der Waals surface area contributed by atoms with Crippen molar-refractivity contribution in [2.75, 3.05) is 25.0 Å². The number of carbonyl (C=O) groups is 2. The maximum atomic E-state index is 13.8. The second-order valence-electron chi connectivity index (χ2n) is 8.38. The number of ether oxygens (including phenoxy) is 1. The number of hydrogen-bond acceptors (Lipinski definition) is 4. The van der Waals surface area contributed by atoms with E-state index in [-0.39, 0.29) is 23.6 Å².